The Kier molecular flexibility index (Phi) is 3.86. The van der Waals surface area contributed by atoms with Crippen LogP contribution < -0.4 is 5.32 Å². The minimum absolute atomic E-state index is 0.333. The molecular weight excluding hydrogens is 246 g/mol. The highest BCUT2D eigenvalue weighted by Crippen LogP contribution is 2.39. The van der Waals surface area contributed by atoms with Crippen LogP contribution >= 0.6 is 0 Å². The summed E-state index contributed by atoms with van der Waals surface area (Å²) in [5, 5.41) is 13.2. The van der Waals surface area contributed by atoms with Gasteiger partial charge in [0.2, 0.25) is 0 Å². The van der Waals surface area contributed by atoms with Crippen molar-refractivity contribution in [3.05, 3.63) is 64.8 Å². The van der Waals surface area contributed by atoms with Gasteiger partial charge in [-0.2, -0.15) is 0 Å². The van der Waals surface area contributed by atoms with Gasteiger partial charge in [-0.05, 0) is 47.7 Å². The topological polar surface area (TPSA) is 32.3 Å². The van der Waals surface area contributed by atoms with Gasteiger partial charge < -0.3 is 10.4 Å². The molecular formula is C18H21NO. The number of likely N-dealkylation sites (N-methyl/N-ethyl adjacent to an activating group) is 1. The van der Waals surface area contributed by atoms with E-state index in [9.17, 15) is 5.11 Å². The fourth-order valence-corrected chi connectivity index (χ4v) is 3.20. The Hall–Kier alpha value is -1.64. The molecule has 2 nitrogen and oxygen atoms in total. The maximum absolute atomic E-state index is 10.2. The Labute approximate surface area is 120 Å². The molecule has 3 rings (SSSR count). The molecule has 1 aromatic carbocycles. The monoisotopic (exact) mass is 267 g/mol. The molecule has 2 aliphatic carbocycles. The van der Waals surface area contributed by atoms with Crippen molar-refractivity contribution >= 4 is 5.57 Å². The van der Waals surface area contributed by atoms with Crippen molar-refractivity contribution in [2.75, 3.05) is 13.6 Å². The third kappa shape index (κ3) is 2.49. The van der Waals surface area contributed by atoms with Crippen molar-refractivity contribution in [3.63, 3.8) is 0 Å². The van der Waals surface area contributed by atoms with Gasteiger partial charge >= 0.3 is 0 Å². The van der Waals surface area contributed by atoms with E-state index in [1.54, 1.807) is 0 Å². The van der Waals surface area contributed by atoms with Crippen LogP contribution in [-0.4, -0.2) is 24.8 Å². The molecule has 1 aromatic rings. The zero-order valence-corrected chi connectivity index (χ0v) is 11.9. The normalized spacial score (nSPS) is 18.4. The Morgan fingerprint density at radius 1 is 1.30 bits per heavy atom. The number of benzene rings is 1. The molecule has 0 amide bonds. The number of rotatable bonds is 4. The van der Waals surface area contributed by atoms with Crippen LogP contribution in [0.3, 0.4) is 0 Å². The average Bonchev–Trinajstić information content (AvgIpc) is 2.47. The van der Waals surface area contributed by atoms with Crippen LogP contribution in [0.5, 0.6) is 0 Å². The van der Waals surface area contributed by atoms with Gasteiger partial charge in [0.25, 0.3) is 0 Å². The standard InChI is InChI=1S/C18H21NO/c1-19-12-15(20)11-18-16-8-4-2-6-13(16)10-14-7-3-5-9-17(14)18/h2-8,15,19-20H,9-12H2,1H3. The van der Waals surface area contributed by atoms with Crippen LogP contribution in [0.4, 0.5) is 0 Å². The Morgan fingerprint density at radius 3 is 3.00 bits per heavy atom. The van der Waals surface area contributed by atoms with Crippen molar-refractivity contribution < 1.29 is 5.11 Å². The van der Waals surface area contributed by atoms with Crippen molar-refractivity contribution in [2.45, 2.75) is 25.4 Å². The molecule has 0 spiro atoms. The van der Waals surface area contributed by atoms with Gasteiger partial charge in [-0.25, -0.2) is 0 Å². The predicted molar refractivity (Wildman–Crippen MR) is 83.5 cm³/mol. The van der Waals surface area contributed by atoms with Crippen molar-refractivity contribution in [1.29, 1.82) is 0 Å². The zero-order chi connectivity index (χ0) is 13.9. The maximum Gasteiger partial charge on any atom is 0.0705 e. The first-order valence-corrected chi connectivity index (χ1v) is 7.28. The summed E-state index contributed by atoms with van der Waals surface area (Å²) in [6, 6.07) is 8.59. The minimum Gasteiger partial charge on any atom is -0.391 e. The van der Waals surface area contributed by atoms with Gasteiger partial charge in [0.15, 0.2) is 0 Å². The second-order valence-corrected chi connectivity index (χ2v) is 5.53. The van der Waals surface area contributed by atoms with E-state index in [1.165, 1.54) is 27.8 Å². The quantitative estimate of drug-likeness (QED) is 0.879. The smallest absolute Gasteiger partial charge is 0.0705 e. The number of nitrogens with one attached hydrogen (secondary N) is 1. The van der Waals surface area contributed by atoms with E-state index in [0.717, 1.165) is 19.3 Å². The molecule has 0 saturated heterocycles. The number of aliphatic hydroxyl groups is 1. The number of hydrogen-bond donors (Lipinski definition) is 2. The molecule has 0 saturated carbocycles. The van der Waals surface area contributed by atoms with Crippen LogP contribution in [0.1, 0.15) is 24.0 Å². The predicted octanol–water partition coefficient (Wildman–Crippen LogP) is 2.85. The Morgan fingerprint density at radius 2 is 2.15 bits per heavy atom. The minimum atomic E-state index is -0.333. The van der Waals surface area contributed by atoms with Gasteiger partial charge in [0.05, 0.1) is 6.10 Å². The molecule has 0 fully saturated rings. The van der Waals surface area contributed by atoms with E-state index in [4.69, 9.17) is 0 Å². The molecule has 2 aliphatic rings. The molecule has 0 aromatic heterocycles. The number of fused-ring (bicyclic) bond motifs is 2. The summed E-state index contributed by atoms with van der Waals surface area (Å²) >= 11 is 0. The highest BCUT2D eigenvalue weighted by molar-refractivity contribution is 5.79. The summed E-state index contributed by atoms with van der Waals surface area (Å²) in [6.07, 6.45) is 8.97. The average molecular weight is 267 g/mol. The summed E-state index contributed by atoms with van der Waals surface area (Å²) in [6.45, 7) is 0.633. The lowest BCUT2D eigenvalue weighted by atomic mass is 9.77. The van der Waals surface area contributed by atoms with Crippen LogP contribution in [0, 0.1) is 0 Å². The molecule has 0 aliphatic heterocycles. The van der Waals surface area contributed by atoms with E-state index in [0.29, 0.717) is 6.54 Å². The zero-order valence-electron chi connectivity index (χ0n) is 11.9. The lowest BCUT2D eigenvalue weighted by Gasteiger charge is -2.28. The van der Waals surface area contributed by atoms with Crippen LogP contribution in [-0.2, 0) is 6.42 Å². The molecule has 0 heterocycles. The second-order valence-electron chi connectivity index (χ2n) is 5.53. The van der Waals surface area contributed by atoms with E-state index in [-0.39, 0.29) is 6.10 Å². The van der Waals surface area contributed by atoms with E-state index < -0.39 is 0 Å². The molecule has 1 unspecified atom stereocenters. The first-order chi connectivity index (χ1) is 9.79. The third-order valence-corrected chi connectivity index (χ3v) is 4.11. The SMILES string of the molecule is CNCC(O)CC1=C2CC=CC=C2Cc2ccccc21. The fourth-order valence-electron chi connectivity index (χ4n) is 3.20. The summed E-state index contributed by atoms with van der Waals surface area (Å²) in [5.41, 5.74) is 6.86. The van der Waals surface area contributed by atoms with Crippen molar-refractivity contribution in [3.8, 4) is 0 Å². The molecule has 1 atom stereocenters. The number of allylic oxidation sites excluding steroid dienone is 5. The van der Waals surface area contributed by atoms with Crippen LogP contribution in [0.15, 0.2) is 53.6 Å². The molecule has 104 valence electrons. The van der Waals surface area contributed by atoms with Gasteiger partial charge in [-0.15, -0.1) is 0 Å². The highest BCUT2D eigenvalue weighted by Gasteiger charge is 2.23. The van der Waals surface area contributed by atoms with E-state index >= 15 is 0 Å². The molecule has 0 bridgehead atoms. The summed E-state index contributed by atoms with van der Waals surface area (Å²) in [7, 11) is 1.88. The lowest BCUT2D eigenvalue weighted by molar-refractivity contribution is 0.180. The van der Waals surface area contributed by atoms with Gasteiger partial charge in [0.1, 0.15) is 0 Å². The first kappa shape index (κ1) is 13.3. The second kappa shape index (κ2) is 5.78. The van der Waals surface area contributed by atoms with Crippen molar-refractivity contribution in [2.24, 2.45) is 0 Å². The van der Waals surface area contributed by atoms with Gasteiger partial charge in [-0.1, -0.05) is 42.5 Å². The van der Waals surface area contributed by atoms with Gasteiger partial charge in [0, 0.05) is 13.0 Å². The summed E-state index contributed by atoms with van der Waals surface area (Å²) < 4.78 is 0. The molecule has 20 heavy (non-hydrogen) atoms. The maximum atomic E-state index is 10.2. The van der Waals surface area contributed by atoms with E-state index in [2.05, 4.69) is 47.8 Å². The molecule has 0 radical (unpaired) electrons. The van der Waals surface area contributed by atoms with Crippen molar-refractivity contribution in [1.82, 2.24) is 5.32 Å². The third-order valence-electron chi connectivity index (χ3n) is 4.11. The van der Waals surface area contributed by atoms with Crippen LogP contribution in [0.2, 0.25) is 0 Å². The van der Waals surface area contributed by atoms with E-state index in [1.807, 2.05) is 7.05 Å². The lowest BCUT2D eigenvalue weighted by Crippen LogP contribution is -2.24. The Bertz CT molecular complexity index is 595. The molecule has 2 heteroatoms. The number of hydrogen-bond acceptors (Lipinski definition) is 2. The summed E-state index contributed by atoms with van der Waals surface area (Å²) in [5.74, 6) is 0. The molecule has 2 N–H and O–H groups in total. The highest BCUT2D eigenvalue weighted by atomic mass is 16.3. The largest absolute Gasteiger partial charge is 0.391 e. The van der Waals surface area contributed by atoms with Gasteiger partial charge in [-0.3, -0.25) is 0 Å². The fraction of sp³-hybridized carbons (Fsp3) is 0.333. The number of aliphatic hydroxyl groups excluding tert-OH is 1. The summed E-state index contributed by atoms with van der Waals surface area (Å²) in [4.78, 5) is 0. The first-order valence-electron chi connectivity index (χ1n) is 7.28. The Balaban J connectivity index is 2.02. The van der Waals surface area contributed by atoms with Crippen LogP contribution in [0.25, 0.3) is 5.57 Å².